The van der Waals surface area contributed by atoms with E-state index < -0.39 is 41.0 Å². The summed E-state index contributed by atoms with van der Waals surface area (Å²) in [7, 11) is 0. The van der Waals surface area contributed by atoms with E-state index in [0.29, 0.717) is 18.9 Å². The maximum Gasteiger partial charge on any atom is 0.193 e. The van der Waals surface area contributed by atoms with E-state index in [-0.39, 0.29) is 29.3 Å². The van der Waals surface area contributed by atoms with E-state index in [1.807, 2.05) is 37.3 Å². The predicted octanol–water partition coefficient (Wildman–Crippen LogP) is 6.44. The third kappa shape index (κ3) is 4.70. The van der Waals surface area contributed by atoms with Crippen molar-refractivity contribution in [3.8, 4) is 0 Å². The monoisotopic (exact) mass is 643 g/mol. The van der Waals surface area contributed by atoms with Gasteiger partial charge in [0.05, 0.1) is 12.2 Å². The molecule has 4 fully saturated rings. The average Bonchev–Trinajstić information content (AvgIpc) is 3.45. The van der Waals surface area contributed by atoms with Gasteiger partial charge in [-0.3, -0.25) is 9.59 Å². The van der Waals surface area contributed by atoms with Crippen LogP contribution in [0.25, 0.3) is 0 Å². The summed E-state index contributed by atoms with van der Waals surface area (Å²) in [6.07, 6.45) is 6.68. The van der Waals surface area contributed by atoms with Crippen LogP contribution in [0.4, 0.5) is 5.69 Å². The van der Waals surface area contributed by atoms with Crippen LogP contribution >= 0.6 is 11.8 Å². The number of anilines is 1. The number of rotatable bonds is 7. The molecule has 7 rings (SSSR count). The van der Waals surface area contributed by atoms with E-state index in [0.717, 1.165) is 39.5 Å². The molecule has 0 amide bonds. The molecule has 2 aromatic rings. The molecule has 4 aliphatic carbocycles. The Labute approximate surface area is 275 Å². The maximum atomic E-state index is 13.9. The van der Waals surface area contributed by atoms with Crippen LogP contribution in [0.2, 0.25) is 0 Å². The molecular formula is C38H45NO6S. The van der Waals surface area contributed by atoms with Gasteiger partial charge in [-0.1, -0.05) is 49.4 Å². The number of Topliss-reactive ketones (excluding diaryl/α,β-unsaturated/α-hetero) is 1. The Morgan fingerprint density at radius 2 is 1.74 bits per heavy atom. The number of fused-ring (bicyclic) bond motifs is 7. The minimum Gasteiger partial charge on any atom is -0.393 e. The van der Waals surface area contributed by atoms with E-state index in [4.69, 9.17) is 9.47 Å². The van der Waals surface area contributed by atoms with Crippen LogP contribution in [0, 0.1) is 28.6 Å². The first-order valence-corrected chi connectivity index (χ1v) is 17.4. The van der Waals surface area contributed by atoms with Gasteiger partial charge in [0.25, 0.3) is 0 Å². The highest BCUT2D eigenvalue weighted by Crippen LogP contribution is 2.71. The Morgan fingerprint density at radius 1 is 1.07 bits per heavy atom. The molecule has 244 valence electrons. The lowest BCUT2D eigenvalue weighted by Crippen LogP contribution is -2.63. The van der Waals surface area contributed by atoms with Gasteiger partial charge in [-0.2, -0.15) is 0 Å². The maximum absolute atomic E-state index is 13.9. The van der Waals surface area contributed by atoms with Crippen LogP contribution in [0.15, 0.2) is 82.1 Å². The molecule has 9 atom stereocenters. The summed E-state index contributed by atoms with van der Waals surface area (Å²) >= 11 is 1.67. The Bertz CT molecular complexity index is 1600. The second-order valence-electron chi connectivity index (χ2n) is 14.9. The SMILES string of the molecule is CC(C)Nc1ccc(Sc2ccc([C@@]3(C)O[C@@H]4C[C@H]5[C@@H]6CCC7=CC(=O)C=C[C@]7(C)[C@H]6[C@@H](O)C[C@]5(C)[C@]4(C(=O)CO)O3)cc2)cc1. The van der Waals surface area contributed by atoms with Gasteiger partial charge in [0, 0.05) is 43.8 Å². The van der Waals surface area contributed by atoms with E-state index in [2.05, 4.69) is 57.3 Å². The molecule has 7 nitrogen and oxygen atoms in total. The summed E-state index contributed by atoms with van der Waals surface area (Å²) in [5.41, 5.74) is 0.445. The van der Waals surface area contributed by atoms with Crippen molar-refractivity contribution in [2.75, 3.05) is 11.9 Å². The highest BCUT2D eigenvalue weighted by Gasteiger charge is 2.77. The molecule has 2 aromatic carbocycles. The van der Waals surface area contributed by atoms with Crippen LogP contribution in [0.1, 0.15) is 65.9 Å². The number of hydrogen-bond acceptors (Lipinski definition) is 8. The number of ether oxygens (including phenoxy) is 2. The van der Waals surface area contributed by atoms with Gasteiger partial charge in [-0.25, -0.2) is 0 Å². The number of carbonyl (C=O) groups is 2. The first-order chi connectivity index (χ1) is 21.8. The second kappa shape index (κ2) is 11.2. The van der Waals surface area contributed by atoms with Gasteiger partial charge in [0.2, 0.25) is 0 Å². The molecule has 1 aliphatic heterocycles. The van der Waals surface area contributed by atoms with Crippen LogP contribution in [-0.2, 0) is 24.8 Å². The van der Waals surface area contributed by atoms with Crippen molar-refractivity contribution >= 4 is 29.0 Å². The standard InChI is InChI=1S/C38H45NO6S/c1-22(2)39-25-9-13-28(14-10-25)46-27-11-6-23(7-12-27)37(5)44-33-19-30-29-15-8-24-18-26(41)16-17-35(24,3)34(29)31(42)20-36(30,4)38(33,45-37)32(43)21-40/h6-7,9-14,16-18,22,29-31,33-34,39-40,42H,8,15,19-21H2,1-5H3/t29-,30-,31-,33+,34+,35-,36-,37-,38+/m0/s1. The zero-order valence-electron chi connectivity index (χ0n) is 27.3. The fraction of sp³-hybridized carbons (Fsp3) is 0.526. The largest absolute Gasteiger partial charge is 0.393 e. The lowest BCUT2D eigenvalue weighted by atomic mass is 9.46. The minimum atomic E-state index is -1.39. The number of allylic oxidation sites excluding steroid dienone is 4. The third-order valence-corrected chi connectivity index (χ3v) is 12.9. The lowest BCUT2D eigenvalue weighted by molar-refractivity contribution is -0.237. The highest BCUT2D eigenvalue weighted by atomic mass is 32.2. The molecule has 5 aliphatic rings. The fourth-order valence-corrected chi connectivity index (χ4v) is 10.7. The van der Waals surface area contributed by atoms with Crippen LogP contribution in [-0.4, -0.2) is 52.2 Å². The topological polar surface area (TPSA) is 105 Å². The molecule has 0 unspecified atom stereocenters. The normalized spacial score (nSPS) is 39.3. The molecule has 0 aromatic heterocycles. The molecule has 0 bridgehead atoms. The first kappa shape index (κ1) is 31.8. The number of nitrogens with one attached hydrogen (secondary N) is 1. The quantitative estimate of drug-likeness (QED) is 0.317. The van der Waals surface area contributed by atoms with Crippen molar-refractivity contribution in [3.05, 3.63) is 77.9 Å². The zero-order valence-corrected chi connectivity index (χ0v) is 28.1. The third-order valence-electron chi connectivity index (χ3n) is 11.9. The van der Waals surface area contributed by atoms with Crippen LogP contribution < -0.4 is 5.32 Å². The highest BCUT2D eigenvalue weighted by molar-refractivity contribution is 7.99. The molecule has 1 saturated heterocycles. The van der Waals surface area contributed by atoms with Crippen LogP contribution in [0.5, 0.6) is 0 Å². The molecular weight excluding hydrogens is 598 g/mol. The Hall–Kier alpha value is -2.75. The molecule has 3 N–H and O–H groups in total. The van der Waals surface area contributed by atoms with Gasteiger partial charge in [0.15, 0.2) is 23.0 Å². The van der Waals surface area contributed by atoms with Gasteiger partial charge < -0.3 is 25.0 Å². The van der Waals surface area contributed by atoms with Crippen molar-refractivity contribution in [3.63, 3.8) is 0 Å². The van der Waals surface area contributed by atoms with Crippen molar-refractivity contribution in [1.82, 2.24) is 0 Å². The summed E-state index contributed by atoms with van der Waals surface area (Å²) < 4.78 is 13.7. The number of aliphatic hydroxyl groups is 2. The van der Waals surface area contributed by atoms with Crippen molar-refractivity contribution in [1.29, 1.82) is 0 Å². The number of aliphatic hydroxyl groups excluding tert-OH is 2. The van der Waals surface area contributed by atoms with E-state index in [9.17, 15) is 19.8 Å². The summed E-state index contributed by atoms with van der Waals surface area (Å²) in [4.78, 5) is 28.3. The van der Waals surface area contributed by atoms with Gasteiger partial charge >= 0.3 is 0 Å². The minimum absolute atomic E-state index is 0.00461. The van der Waals surface area contributed by atoms with E-state index in [1.54, 1.807) is 23.9 Å². The number of benzene rings is 2. The van der Waals surface area contributed by atoms with Crippen molar-refractivity contribution in [2.45, 2.75) is 99.7 Å². The Balaban J connectivity index is 1.15. The van der Waals surface area contributed by atoms with E-state index in [1.165, 1.54) is 0 Å². The molecule has 1 heterocycles. The first-order valence-electron chi connectivity index (χ1n) is 16.6. The van der Waals surface area contributed by atoms with Gasteiger partial charge in [0.1, 0.15) is 6.61 Å². The van der Waals surface area contributed by atoms with Gasteiger partial charge in [-0.15, -0.1) is 0 Å². The Kier molecular flexibility index (Phi) is 7.72. The fourth-order valence-electron chi connectivity index (χ4n) is 9.93. The van der Waals surface area contributed by atoms with Crippen LogP contribution in [0.3, 0.4) is 0 Å². The summed E-state index contributed by atoms with van der Waals surface area (Å²) in [6.45, 7) is 9.65. The summed E-state index contributed by atoms with van der Waals surface area (Å²) in [5, 5.41) is 25.7. The number of hydrogen-bond donors (Lipinski definition) is 3. The predicted molar refractivity (Wildman–Crippen MR) is 177 cm³/mol. The summed E-state index contributed by atoms with van der Waals surface area (Å²) in [5.74, 6) is -1.48. The van der Waals surface area contributed by atoms with E-state index >= 15 is 0 Å². The second-order valence-corrected chi connectivity index (χ2v) is 16.0. The summed E-state index contributed by atoms with van der Waals surface area (Å²) in [6, 6.07) is 16.8. The molecule has 46 heavy (non-hydrogen) atoms. The Morgan fingerprint density at radius 3 is 2.39 bits per heavy atom. The molecule has 3 saturated carbocycles. The average molecular weight is 644 g/mol. The molecule has 8 heteroatoms. The molecule has 0 radical (unpaired) electrons. The smallest absolute Gasteiger partial charge is 0.193 e. The van der Waals surface area contributed by atoms with Gasteiger partial charge in [-0.05, 0) is 107 Å². The van der Waals surface area contributed by atoms with Crippen molar-refractivity contribution < 1.29 is 29.3 Å². The number of ketones is 2. The lowest BCUT2D eigenvalue weighted by Gasteiger charge is -2.60. The molecule has 0 spiro atoms. The zero-order chi connectivity index (χ0) is 32.6. The number of carbonyl (C=O) groups excluding carboxylic acids is 2. The van der Waals surface area contributed by atoms with Crippen molar-refractivity contribution in [2.24, 2.45) is 28.6 Å².